The van der Waals surface area contributed by atoms with E-state index in [4.69, 9.17) is 9.72 Å². The number of fused-ring (bicyclic) bond motifs is 2. The molecule has 1 aliphatic rings. The van der Waals surface area contributed by atoms with Gasteiger partial charge >= 0.3 is 0 Å². The first-order valence-corrected chi connectivity index (χ1v) is 10.7. The van der Waals surface area contributed by atoms with Crippen LogP contribution in [0, 0.1) is 11.6 Å². The Morgan fingerprint density at radius 3 is 2.88 bits per heavy atom. The maximum atomic E-state index is 14.5. The average molecular weight is 446 g/mol. The molecule has 9 heteroatoms. The van der Waals surface area contributed by atoms with Crippen LogP contribution in [0.15, 0.2) is 54.9 Å². The van der Waals surface area contributed by atoms with Crippen LogP contribution in [0.3, 0.4) is 0 Å². The first kappa shape index (κ1) is 19.7. The minimum atomic E-state index is -0.443. The first-order valence-electron chi connectivity index (χ1n) is 10.7. The van der Waals surface area contributed by atoms with Crippen LogP contribution in [0.25, 0.3) is 28.1 Å². The van der Waals surface area contributed by atoms with Gasteiger partial charge in [0.1, 0.15) is 29.0 Å². The summed E-state index contributed by atoms with van der Waals surface area (Å²) in [5, 5.41) is 4.41. The van der Waals surface area contributed by atoms with E-state index in [2.05, 4.69) is 15.1 Å². The van der Waals surface area contributed by atoms with E-state index in [0.29, 0.717) is 29.4 Å². The first-order chi connectivity index (χ1) is 16.1. The molecule has 1 atom stereocenters. The van der Waals surface area contributed by atoms with Gasteiger partial charge in [-0.3, -0.25) is 0 Å². The van der Waals surface area contributed by atoms with Crippen LogP contribution >= 0.6 is 0 Å². The van der Waals surface area contributed by atoms with E-state index >= 15 is 0 Å². The van der Waals surface area contributed by atoms with Gasteiger partial charge in [-0.05, 0) is 49.2 Å². The molecule has 5 aromatic rings. The number of rotatable bonds is 4. The molecule has 0 bridgehead atoms. The number of anilines is 1. The number of halogens is 2. The van der Waals surface area contributed by atoms with Gasteiger partial charge in [-0.25, -0.2) is 23.3 Å². The maximum absolute atomic E-state index is 14.5. The molecule has 4 heterocycles. The van der Waals surface area contributed by atoms with Gasteiger partial charge in [-0.1, -0.05) is 0 Å². The highest BCUT2D eigenvalue weighted by atomic mass is 19.1. The molecule has 1 fully saturated rings. The number of aromatic amines is 1. The number of hydrogen-bond acceptors (Lipinski definition) is 5. The molecule has 0 aliphatic carbocycles. The molecule has 0 amide bonds. The summed E-state index contributed by atoms with van der Waals surface area (Å²) < 4.78 is 35.3. The van der Waals surface area contributed by atoms with Gasteiger partial charge in [0.15, 0.2) is 5.65 Å². The van der Waals surface area contributed by atoms with Gasteiger partial charge < -0.3 is 14.6 Å². The number of imidazole rings is 1. The number of methoxy groups -OCH3 is 1. The van der Waals surface area contributed by atoms with Crippen LogP contribution in [-0.2, 0) is 0 Å². The van der Waals surface area contributed by atoms with E-state index in [9.17, 15) is 8.78 Å². The Labute approximate surface area is 187 Å². The number of nitrogens with one attached hydrogen (secondary N) is 1. The summed E-state index contributed by atoms with van der Waals surface area (Å²) in [5.41, 5.74) is 3.39. The topological polar surface area (TPSA) is 71.3 Å². The highest BCUT2D eigenvalue weighted by molar-refractivity contribution is 5.84. The van der Waals surface area contributed by atoms with E-state index in [-0.39, 0.29) is 6.04 Å². The Hall–Kier alpha value is -4.01. The Balaban J connectivity index is 1.42. The summed E-state index contributed by atoms with van der Waals surface area (Å²) in [6.07, 6.45) is 5.13. The molecule has 1 aliphatic heterocycles. The third-order valence-corrected chi connectivity index (χ3v) is 6.16. The number of benzene rings is 2. The molecule has 166 valence electrons. The number of nitrogens with zero attached hydrogens (tertiary/aromatic N) is 5. The van der Waals surface area contributed by atoms with Crippen LogP contribution in [0.4, 0.5) is 14.6 Å². The molecular weight excluding hydrogens is 426 g/mol. The lowest BCUT2D eigenvalue weighted by Crippen LogP contribution is -2.24. The highest BCUT2D eigenvalue weighted by Crippen LogP contribution is 2.37. The second-order valence-corrected chi connectivity index (χ2v) is 8.10. The van der Waals surface area contributed by atoms with Crippen molar-refractivity contribution < 1.29 is 13.5 Å². The van der Waals surface area contributed by atoms with Gasteiger partial charge in [0.05, 0.1) is 35.9 Å². The van der Waals surface area contributed by atoms with Gasteiger partial charge in [-0.2, -0.15) is 5.10 Å². The molecular formula is C24H20F2N6O. The van der Waals surface area contributed by atoms with Crippen LogP contribution in [-0.4, -0.2) is 38.2 Å². The summed E-state index contributed by atoms with van der Waals surface area (Å²) in [6, 6.07) is 10.8. The molecule has 7 nitrogen and oxygen atoms in total. The molecule has 1 N–H and O–H groups in total. The van der Waals surface area contributed by atoms with E-state index < -0.39 is 11.6 Å². The summed E-state index contributed by atoms with van der Waals surface area (Å²) in [6.45, 7) is 0.706. The summed E-state index contributed by atoms with van der Waals surface area (Å²) in [7, 11) is 1.62. The smallest absolute Gasteiger partial charge is 0.168 e. The van der Waals surface area contributed by atoms with Crippen molar-refractivity contribution in [1.29, 1.82) is 0 Å². The molecule has 2 aromatic carbocycles. The Kier molecular flexibility index (Phi) is 4.49. The van der Waals surface area contributed by atoms with E-state index in [1.807, 2.05) is 35.4 Å². The van der Waals surface area contributed by atoms with Crippen LogP contribution < -0.4 is 9.64 Å². The average Bonchev–Trinajstić information content (AvgIpc) is 3.57. The van der Waals surface area contributed by atoms with Gasteiger partial charge in [-0.15, -0.1) is 0 Å². The van der Waals surface area contributed by atoms with Crippen molar-refractivity contribution in [3.63, 3.8) is 0 Å². The second-order valence-electron chi connectivity index (χ2n) is 8.10. The van der Waals surface area contributed by atoms with Crippen molar-refractivity contribution in [2.45, 2.75) is 18.9 Å². The summed E-state index contributed by atoms with van der Waals surface area (Å²) in [4.78, 5) is 14.9. The highest BCUT2D eigenvalue weighted by Gasteiger charge is 2.30. The predicted octanol–water partition coefficient (Wildman–Crippen LogP) is 4.90. The molecule has 0 saturated carbocycles. The molecule has 1 saturated heterocycles. The minimum absolute atomic E-state index is 0.277. The van der Waals surface area contributed by atoms with Crippen molar-refractivity contribution in [3.05, 3.63) is 72.1 Å². The lowest BCUT2D eigenvalue weighted by molar-refractivity contribution is 0.415. The number of H-pyrrole nitrogens is 1. The zero-order chi connectivity index (χ0) is 22.5. The molecule has 3 aromatic heterocycles. The minimum Gasteiger partial charge on any atom is -0.497 e. The Morgan fingerprint density at radius 2 is 2.00 bits per heavy atom. The fraction of sp³-hybridized carbons (Fsp3) is 0.208. The number of ether oxygens (including phenoxy) is 1. The van der Waals surface area contributed by atoms with Crippen molar-refractivity contribution >= 4 is 22.5 Å². The zero-order valence-corrected chi connectivity index (χ0v) is 17.8. The van der Waals surface area contributed by atoms with Crippen molar-refractivity contribution in [2.24, 2.45) is 0 Å². The van der Waals surface area contributed by atoms with Crippen molar-refractivity contribution in [1.82, 2.24) is 24.6 Å². The molecule has 0 unspecified atom stereocenters. The monoisotopic (exact) mass is 446 g/mol. The van der Waals surface area contributed by atoms with Gasteiger partial charge in [0.2, 0.25) is 0 Å². The molecule has 0 spiro atoms. The zero-order valence-electron chi connectivity index (χ0n) is 17.8. The number of hydrogen-bond donors (Lipinski definition) is 1. The normalized spacial score (nSPS) is 16.2. The molecule has 33 heavy (non-hydrogen) atoms. The maximum Gasteiger partial charge on any atom is 0.168 e. The lowest BCUT2D eigenvalue weighted by Gasteiger charge is -2.26. The summed E-state index contributed by atoms with van der Waals surface area (Å²) in [5.74, 6) is 1.22. The van der Waals surface area contributed by atoms with E-state index in [0.717, 1.165) is 41.3 Å². The quantitative estimate of drug-likeness (QED) is 0.425. The predicted molar refractivity (Wildman–Crippen MR) is 120 cm³/mol. The third kappa shape index (κ3) is 3.27. The number of aromatic nitrogens is 5. The summed E-state index contributed by atoms with van der Waals surface area (Å²) >= 11 is 0. The van der Waals surface area contributed by atoms with E-state index in [1.165, 1.54) is 12.1 Å². The van der Waals surface area contributed by atoms with Crippen molar-refractivity contribution in [2.75, 3.05) is 18.6 Å². The van der Waals surface area contributed by atoms with Crippen LogP contribution in [0.5, 0.6) is 5.75 Å². The molecule has 0 radical (unpaired) electrons. The van der Waals surface area contributed by atoms with Crippen LogP contribution in [0.2, 0.25) is 0 Å². The Morgan fingerprint density at radius 1 is 1.09 bits per heavy atom. The van der Waals surface area contributed by atoms with Crippen LogP contribution in [0.1, 0.15) is 24.4 Å². The van der Waals surface area contributed by atoms with Gasteiger partial charge in [0.25, 0.3) is 0 Å². The standard InChI is InChI=1S/C24H20F2N6O/c1-33-15-5-7-19-20(12-15)29-23(28-19)17-13-27-32-10-8-22(30-24(17)32)31-9-2-3-21(31)16-11-14(25)4-6-18(16)26/h4-8,10-13,21H,2-3,9H2,1H3,(H,28,29)/t21-/m1/s1. The largest absolute Gasteiger partial charge is 0.497 e. The fourth-order valence-electron chi connectivity index (χ4n) is 4.56. The van der Waals surface area contributed by atoms with Crippen molar-refractivity contribution in [3.8, 4) is 17.1 Å². The SMILES string of the molecule is COc1ccc2nc(-c3cnn4ccc(N5CCC[C@@H]5c5cc(F)ccc5F)nc34)[nH]c2c1. The third-order valence-electron chi connectivity index (χ3n) is 6.16. The lowest BCUT2D eigenvalue weighted by atomic mass is 10.0. The van der Waals surface area contributed by atoms with Gasteiger partial charge in [0, 0.05) is 24.4 Å². The Bertz CT molecular complexity index is 1490. The molecule has 6 rings (SSSR count). The van der Waals surface area contributed by atoms with E-state index in [1.54, 1.807) is 17.8 Å². The fourth-order valence-corrected chi connectivity index (χ4v) is 4.56. The second kappa shape index (κ2) is 7.54.